The van der Waals surface area contributed by atoms with Crippen LogP contribution in [0.15, 0.2) is 42.1 Å². The summed E-state index contributed by atoms with van der Waals surface area (Å²) in [6, 6.07) is 8.63. The van der Waals surface area contributed by atoms with Crippen LogP contribution in [-0.4, -0.2) is 32.5 Å². The molecule has 1 amide bonds. The number of allylic oxidation sites excluding steroid dienone is 1. The Morgan fingerprint density at radius 2 is 1.96 bits per heavy atom. The zero-order valence-corrected chi connectivity index (χ0v) is 18.5. The van der Waals surface area contributed by atoms with Crippen molar-refractivity contribution in [2.24, 2.45) is 0 Å². The van der Waals surface area contributed by atoms with Gasteiger partial charge in [0.2, 0.25) is 5.91 Å². The molecule has 1 aromatic heterocycles. The van der Waals surface area contributed by atoms with E-state index in [1.165, 1.54) is 17.3 Å². The Bertz CT molecular complexity index is 790. The molecule has 0 aliphatic heterocycles. The maximum Gasteiger partial charge on any atom is 0.230 e. The van der Waals surface area contributed by atoms with Crippen molar-refractivity contribution in [3.05, 3.63) is 42.5 Å². The molecule has 0 unspecified atom stereocenters. The van der Waals surface area contributed by atoms with Crippen molar-refractivity contribution < 1.29 is 4.79 Å². The van der Waals surface area contributed by atoms with Crippen LogP contribution in [0.1, 0.15) is 53.0 Å². The van der Waals surface area contributed by atoms with Crippen molar-refractivity contribution >= 4 is 17.7 Å². The molecule has 0 aliphatic carbocycles. The Hall–Kier alpha value is -2.08. The summed E-state index contributed by atoms with van der Waals surface area (Å²) < 4.78 is 2.01. The molecule has 5 nitrogen and oxygen atoms in total. The van der Waals surface area contributed by atoms with Crippen molar-refractivity contribution in [3.8, 4) is 11.4 Å². The summed E-state index contributed by atoms with van der Waals surface area (Å²) in [5.41, 5.74) is 2.39. The fourth-order valence-corrected chi connectivity index (χ4v) is 3.73. The topological polar surface area (TPSA) is 59.8 Å². The Morgan fingerprint density at radius 1 is 1.29 bits per heavy atom. The molecule has 6 heteroatoms. The minimum atomic E-state index is 0.0233. The second-order valence-corrected chi connectivity index (χ2v) is 9.02. The number of rotatable bonds is 9. The Morgan fingerprint density at radius 3 is 2.54 bits per heavy atom. The Labute approximate surface area is 173 Å². The lowest BCUT2D eigenvalue weighted by Crippen LogP contribution is -2.33. The SMILES string of the molecule is C=CCn1c(SCC(=O)N[C@@H](C)CCC)nnc1-c1ccc(C(C)(C)C)cc1. The zero-order chi connectivity index (χ0) is 20.7. The minimum Gasteiger partial charge on any atom is -0.353 e. The molecule has 1 aromatic carbocycles. The van der Waals surface area contributed by atoms with Crippen LogP contribution in [-0.2, 0) is 16.8 Å². The second-order valence-electron chi connectivity index (χ2n) is 8.08. The van der Waals surface area contributed by atoms with E-state index in [9.17, 15) is 4.79 Å². The van der Waals surface area contributed by atoms with Crippen molar-refractivity contribution in [1.29, 1.82) is 0 Å². The lowest BCUT2D eigenvalue weighted by molar-refractivity contribution is -0.119. The maximum atomic E-state index is 12.2. The summed E-state index contributed by atoms with van der Waals surface area (Å²) in [6.07, 6.45) is 3.86. The quantitative estimate of drug-likeness (QED) is 0.484. The molecule has 2 rings (SSSR count). The third kappa shape index (κ3) is 5.96. The fraction of sp³-hybridized carbons (Fsp3) is 0.500. The first-order chi connectivity index (χ1) is 13.3. The van der Waals surface area contributed by atoms with Crippen LogP contribution in [0, 0.1) is 0 Å². The number of thioether (sulfide) groups is 1. The average molecular weight is 401 g/mol. The van der Waals surface area contributed by atoms with Gasteiger partial charge in [0.1, 0.15) is 0 Å². The van der Waals surface area contributed by atoms with Crippen molar-refractivity contribution in [2.45, 2.75) is 70.6 Å². The monoisotopic (exact) mass is 400 g/mol. The van der Waals surface area contributed by atoms with Crippen molar-refractivity contribution in [2.75, 3.05) is 5.75 Å². The van der Waals surface area contributed by atoms with Gasteiger partial charge in [0.15, 0.2) is 11.0 Å². The zero-order valence-electron chi connectivity index (χ0n) is 17.7. The lowest BCUT2D eigenvalue weighted by atomic mass is 9.87. The molecule has 1 N–H and O–H groups in total. The smallest absolute Gasteiger partial charge is 0.230 e. The number of benzene rings is 1. The summed E-state index contributed by atoms with van der Waals surface area (Å²) in [5.74, 6) is 1.14. The van der Waals surface area contributed by atoms with Crippen molar-refractivity contribution in [1.82, 2.24) is 20.1 Å². The molecule has 152 valence electrons. The van der Waals surface area contributed by atoms with Gasteiger partial charge in [0.05, 0.1) is 5.75 Å². The predicted octanol–water partition coefficient (Wildman–Crippen LogP) is 4.83. The third-order valence-electron chi connectivity index (χ3n) is 4.50. The van der Waals surface area contributed by atoms with Gasteiger partial charge in [-0.25, -0.2) is 0 Å². The largest absolute Gasteiger partial charge is 0.353 e. The highest BCUT2D eigenvalue weighted by Crippen LogP contribution is 2.27. The molecular formula is C22H32N4OS. The van der Waals surface area contributed by atoms with Crippen LogP contribution in [0.5, 0.6) is 0 Å². The number of aromatic nitrogens is 3. The van der Waals surface area contributed by atoms with Gasteiger partial charge in [0.25, 0.3) is 0 Å². The number of hydrogen-bond acceptors (Lipinski definition) is 4. The molecule has 0 aliphatic rings. The molecule has 0 radical (unpaired) electrons. The van der Waals surface area contributed by atoms with Crippen LogP contribution < -0.4 is 5.32 Å². The lowest BCUT2D eigenvalue weighted by Gasteiger charge is -2.19. The third-order valence-corrected chi connectivity index (χ3v) is 5.47. The highest BCUT2D eigenvalue weighted by molar-refractivity contribution is 7.99. The van der Waals surface area contributed by atoms with E-state index >= 15 is 0 Å². The molecular weight excluding hydrogens is 368 g/mol. The summed E-state index contributed by atoms with van der Waals surface area (Å²) in [7, 11) is 0. The number of carbonyl (C=O) groups is 1. The van der Waals surface area contributed by atoms with E-state index in [2.05, 4.69) is 74.1 Å². The standard InChI is InChI=1S/C22H32N4OS/c1-7-9-16(3)23-19(27)15-28-21-25-24-20(26(21)14-8-2)17-10-12-18(13-11-17)22(4,5)6/h8,10-13,16H,2,7,9,14-15H2,1,3-6H3,(H,23,27)/t16-/m0/s1. The van der Waals surface area contributed by atoms with Crippen molar-refractivity contribution in [3.63, 3.8) is 0 Å². The van der Waals surface area contributed by atoms with Crippen LogP contribution >= 0.6 is 11.8 Å². The summed E-state index contributed by atoms with van der Waals surface area (Å²) in [5, 5.41) is 12.4. The number of nitrogens with one attached hydrogen (secondary N) is 1. The number of hydrogen-bond donors (Lipinski definition) is 1. The highest BCUT2D eigenvalue weighted by Gasteiger charge is 2.17. The first-order valence-electron chi connectivity index (χ1n) is 9.83. The Balaban J connectivity index is 2.15. The van der Waals surface area contributed by atoms with Gasteiger partial charge >= 0.3 is 0 Å². The van der Waals surface area contributed by atoms with E-state index in [1.54, 1.807) is 0 Å². The Kier molecular flexibility index (Phi) is 7.87. The molecule has 0 spiro atoms. The first kappa shape index (κ1) is 22.2. The van der Waals surface area contributed by atoms with E-state index in [4.69, 9.17) is 0 Å². The highest BCUT2D eigenvalue weighted by atomic mass is 32.2. The van der Waals surface area contributed by atoms with Gasteiger partial charge in [-0.2, -0.15) is 0 Å². The van der Waals surface area contributed by atoms with Crippen LogP contribution in [0.4, 0.5) is 0 Å². The van der Waals surface area contributed by atoms with E-state index in [1.807, 2.05) is 17.6 Å². The van der Waals surface area contributed by atoms with Gasteiger partial charge in [-0.15, -0.1) is 16.8 Å². The number of amides is 1. The number of nitrogens with zero attached hydrogens (tertiary/aromatic N) is 3. The minimum absolute atomic E-state index is 0.0233. The van der Waals surface area contributed by atoms with E-state index in [-0.39, 0.29) is 17.4 Å². The van der Waals surface area contributed by atoms with Gasteiger partial charge < -0.3 is 5.32 Å². The summed E-state index contributed by atoms with van der Waals surface area (Å²) in [6.45, 7) is 15.2. The van der Waals surface area contributed by atoms with Crippen LogP contribution in [0.2, 0.25) is 0 Å². The molecule has 0 fully saturated rings. The van der Waals surface area contributed by atoms with Gasteiger partial charge in [0, 0.05) is 18.2 Å². The second kappa shape index (κ2) is 9.92. The molecule has 28 heavy (non-hydrogen) atoms. The predicted molar refractivity (Wildman–Crippen MR) is 118 cm³/mol. The van der Waals surface area contributed by atoms with Gasteiger partial charge in [-0.05, 0) is 24.3 Å². The molecule has 1 atom stereocenters. The summed E-state index contributed by atoms with van der Waals surface area (Å²) >= 11 is 1.41. The maximum absolute atomic E-state index is 12.2. The molecule has 2 aromatic rings. The average Bonchev–Trinajstić information content (AvgIpc) is 3.02. The van der Waals surface area contributed by atoms with E-state index in [0.29, 0.717) is 12.3 Å². The normalized spacial score (nSPS) is 12.6. The first-order valence-corrected chi connectivity index (χ1v) is 10.8. The van der Waals surface area contributed by atoms with Crippen LogP contribution in [0.3, 0.4) is 0 Å². The summed E-state index contributed by atoms with van der Waals surface area (Å²) in [4.78, 5) is 12.2. The fourth-order valence-electron chi connectivity index (χ4n) is 2.97. The number of carbonyl (C=O) groups excluding carboxylic acids is 1. The molecule has 0 saturated carbocycles. The molecule has 0 bridgehead atoms. The van der Waals surface area contributed by atoms with Gasteiger partial charge in [-0.1, -0.05) is 76.2 Å². The van der Waals surface area contributed by atoms with Gasteiger partial charge in [-0.3, -0.25) is 9.36 Å². The van der Waals surface area contributed by atoms with Crippen LogP contribution in [0.25, 0.3) is 11.4 Å². The van der Waals surface area contributed by atoms with E-state index < -0.39 is 0 Å². The van der Waals surface area contributed by atoms with E-state index in [0.717, 1.165) is 29.4 Å². The molecule has 0 saturated heterocycles. The molecule has 1 heterocycles.